The maximum atomic E-state index is 11.8. The van der Waals surface area contributed by atoms with Crippen LogP contribution >= 0.6 is 0 Å². The van der Waals surface area contributed by atoms with Crippen molar-refractivity contribution in [1.82, 2.24) is 15.2 Å². The van der Waals surface area contributed by atoms with Crippen LogP contribution in [0.3, 0.4) is 0 Å². The van der Waals surface area contributed by atoms with E-state index in [9.17, 15) is 4.79 Å². The summed E-state index contributed by atoms with van der Waals surface area (Å²) in [5, 5.41) is 3.63. The van der Waals surface area contributed by atoms with Crippen molar-refractivity contribution in [2.24, 2.45) is 0 Å². The Morgan fingerprint density at radius 2 is 2.10 bits per heavy atom. The van der Waals surface area contributed by atoms with Gasteiger partial charge in [0, 0.05) is 37.3 Å². The highest BCUT2D eigenvalue weighted by molar-refractivity contribution is 5.79. The van der Waals surface area contributed by atoms with Gasteiger partial charge in [-0.15, -0.1) is 0 Å². The number of pyridine rings is 1. The topological polar surface area (TPSA) is 45.2 Å². The van der Waals surface area contributed by atoms with E-state index in [4.69, 9.17) is 0 Å². The summed E-state index contributed by atoms with van der Waals surface area (Å²) in [6.07, 6.45) is 6.37. The van der Waals surface area contributed by atoms with Crippen molar-refractivity contribution in [2.45, 2.75) is 63.6 Å². The molecule has 1 saturated carbocycles. The van der Waals surface area contributed by atoms with Crippen LogP contribution in [0.2, 0.25) is 0 Å². The first kappa shape index (κ1) is 14.5. The van der Waals surface area contributed by atoms with Crippen molar-refractivity contribution in [3.8, 4) is 0 Å². The van der Waals surface area contributed by atoms with E-state index in [0.717, 1.165) is 56.5 Å². The average molecular weight is 287 g/mol. The maximum absolute atomic E-state index is 11.8. The van der Waals surface area contributed by atoms with E-state index < -0.39 is 0 Å². The van der Waals surface area contributed by atoms with Gasteiger partial charge in [-0.2, -0.15) is 0 Å². The molecule has 1 aliphatic heterocycles. The molecule has 3 rings (SSSR count). The van der Waals surface area contributed by atoms with Gasteiger partial charge in [0.25, 0.3) is 0 Å². The Balaban J connectivity index is 1.51. The summed E-state index contributed by atoms with van der Waals surface area (Å²) in [5.41, 5.74) is 2.35. The third-order valence-electron chi connectivity index (χ3n) is 5.32. The fourth-order valence-corrected chi connectivity index (χ4v) is 3.83. The zero-order valence-electron chi connectivity index (χ0n) is 13.1. The Bertz CT molecular complexity index is 521. The second kappa shape index (κ2) is 5.76. The lowest BCUT2D eigenvalue weighted by atomic mass is 9.78. The quantitative estimate of drug-likeness (QED) is 0.928. The fourth-order valence-electron chi connectivity index (χ4n) is 3.83. The molecular formula is C17H25N3O. The summed E-state index contributed by atoms with van der Waals surface area (Å²) in [6.45, 7) is 2.87. The third kappa shape index (κ3) is 2.95. The summed E-state index contributed by atoms with van der Waals surface area (Å²) in [4.78, 5) is 18.3. The second-order valence-corrected chi connectivity index (χ2v) is 6.60. The number of aromatic nitrogens is 1. The van der Waals surface area contributed by atoms with Gasteiger partial charge in [-0.3, -0.25) is 9.78 Å². The van der Waals surface area contributed by atoms with Gasteiger partial charge >= 0.3 is 0 Å². The minimum Gasteiger partial charge on any atom is -0.340 e. The highest BCUT2D eigenvalue weighted by Gasteiger charge is 2.44. The Hall–Kier alpha value is -1.42. The number of rotatable bonds is 3. The van der Waals surface area contributed by atoms with Crippen LogP contribution in [0.4, 0.5) is 0 Å². The van der Waals surface area contributed by atoms with Crippen molar-refractivity contribution in [3.63, 3.8) is 0 Å². The van der Waals surface area contributed by atoms with Gasteiger partial charge in [-0.25, -0.2) is 0 Å². The number of carbonyl (C=O) groups excluding carboxylic acids is 1. The molecule has 1 spiro atoms. The summed E-state index contributed by atoms with van der Waals surface area (Å²) >= 11 is 0. The molecule has 2 heterocycles. The molecule has 1 aromatic heterocycles. The first-order valence-electron chi connectivity index (χ1n) is 8.02. The molecule has 1 amide bonds. The lowest BCUT2D eigenvalue weighted by Gasteiger charge is -2.42. The fraction of sp³-hybridized carbons (Fsp3) is 0.647. The molecule has 21 heavy (non-hydrogen) atoms. The maximum Gasteiger partial charge on any atom is 0.222 e. The molecule has 1 aliphatic carbocycles. The van der Waals surface area contributed by atoms with Crippen LogP contribution in [-0.2, 0) is 11.3 Å². The molecule has 0 atom stereocenters. The Labute approximate surface area is 126 Å². The van der Waals surface area contributed by atoms with E-state index in [0.29, 0.717) is 11.9 Å². The zero-order chi connectivity index (χ0) is 14.9. The van der Waals surface area contributed by atoms with Crippen molar-refractivity contribution < 1.29 is 4.79 Å². The molecule has 114 valence electrons. The van der Waals surface area contributed by atoms with E-state index >= 15 is 0 Å². The third-order valence-corrected chi connectivity index (χ3v) is 5.32. The van der Waals surface area contributed by atoms with Crippen LogP contribution in [0.15, 0.2) is 18.2 Å². The lowest BCUT2D eigenvalue weighted by molar-refractivity contribution is -0.130. The highest BCUT2D eigenvalue weighted by Crippen LogP contribution is 2.41. The largest absolute Gasteiger partial charge is 0.340 e. The van der Waals surface area contributed by atoms with Gasteiger partial charge in [-0.05, 0) is 51.2 Å². The minimum atomic E-state index is 0.164. The van der Waals surface area contributed by atoms with Crippen molar-refractivity contribution in [1.29, 1.82) is 0 Å². The van der Waals surface area contributed by atoms with Gasteiger partial charge in [0.1, 0.15) is 0 Å². The van der Waals surface area contributed by atoms with Gasteiger partial charge < -0.3 is 10.2 Å². The van der Waals surface area contributed by atoms with E-state index in [1.54, 1.807) is 0 Å². The second-order valence-electron chi connectivity index (χ2n) is 6.60. The highest BCUT2D eigenvalue weighted by atomic mass is 16.2. The number of likely N-dealkylation sites (tertiary alicyclic amines) is 1. The van der Waals surface area contributed by atoms with Gasteiger partial charge in [0.05, 0.1) is 5.69 Å². The summed E-state index contributed by atoms with van der Waals surface area (Å²) in [5.74, 6) is 0.324. The van der Waals surface area contributed by atoms with Crippen LogP contribution in [0.25, 0.3) is 0 Å². The van der Waals surface area contributed by atoms with Crippen LogP contribution in [0.5, 0.6) is 0 Å². The predicted octanol–water partition coefficient (Wildman–Crippen LogP) is 2.41. The van der Waals surface area contributed by atoms with Gasteiger partial charge in [0.2, 0.25) is 5.91 Å². The Morgan fingerprint density at radius 3 is 2.71 bits per heavy atom. The normalized spacial score (nSPS) is 29.3. The average Bonchev–Trinajstić information content (AvgIpc) is 2.76. The van der Waals surface area contributed by atoms with E-state index in [-0.39, 0.29) is 5.54 Å². The van der Waals surface area contributed by atoms with Gasteiger partial charge in [-0.1, -0.05) is 6.07 Å². The standard InChI is InChI=1S/C17H25N3O/c1-13-4-3-5-15(19-13)12-18-14-6-9-17(10-7-14)11-8-16(21)20(17)2/h3-5,14,18H,6-12H2,1-2H3. The smallest absolute Gasteiger partial charge is 0.222 e. The molecule has 4 heteroatoms. The number of carbonyl (C=O) groups is 1. The molecule has 0 bridgehead atoms. The Morgan fingerprint density at radius 1 is 1.33 bits per heavy atom. The number of amides is 1. The van der Waals surface area contributed by atoms with E-state index in [1.165, 1.54) is 0 Å². The van der Waals surface area contributed by atoms with E-state index in [2.05, 4.69) is 22.4 Å². The van der Waals surface area contributed by atoms with Crippen LogP contribution in [0.1, 0.15) is 49.9 Å². The molecular weight excluding hydrogens is 262 g/mol. The van der Waals surface area contributed by atoms with Crippen LogP contribution in [-0.4, -0.2) is 34.4 Å². The van der Waals surface area contributed by atoms with Crippen LogP contribution < -0.4 is 5.32 Å². The van der Waals surface area contributed by atoms with Gasteiger partial charge in [0.15, 0.2) is 0 Å². The number of nitrogens with zero attached hydrogens (tertiary/aromatic N) is 2. The van der Waals surface area contributed by atoms with E-state index in [1.807, 2.05) is 24.9 Å². The minimum absolute atomic E-state index is 0.164. The number of hydrogen-bond acceptors (Lipinski definition) is 3. The molecule has 4 nitrogen and oxygen atoms in total. The van der Waals surface area contributed by atoms with Crippen molar-refractivity contribution >= 4 is 5.91 Å². The van der Waals surface area contributed by atoms with Crippen molar-refractivity contribution in [2.75, 3.05) is 7.05 Å². The summed E-state index contributed by atoms with van der Waals surface area (Å²) < 4.78 is 0. The monoisotopic (exact) mass is 287 g/mol. The zero-order valence-corrected chi connectivity index (χ0v) is 13.1. The number of aryl methyl sites for hydroxylation is 1. The first-order chi connectivity index (χ1) is 10.1. The molecule has 1 saturated heterocycles. The molecule has 2 aliphatic rings. The SMILES string of the molecule is Cc1cccc(CNC2CCC3(CCC(=O)N3C)CC2)n1. The van der Waals surface area contributed by atoms with Crippen LogP contribution in [0, 0.1) is 6.92 Å². The first-order valence-corrected chi connectivity index (χ1v) is 8.02. The predicted molar refractivity (Wildman–Crippen MR) is 82.8 cm³/mol. The molecule has 1 N–H and O–H groups in total. The Kier molecular flexibility index (Phi) is 3.98. The number of nitrogens with one attached hydrogen (secondary N) is 1. The lowest BCUT2D eigenvalue weighted by Crippen LogP contribution is -2.48. The molecule has 2 fully saturated rings. The summed E-state index contributed by atoms with van der Waals surface area (Å²) in [7, 11) is 1.99. The number of hydrogen-bond donors (Lipinski definition) is 1. The molecule has 1 aromatic rings. The van der Waals surface area contributed by atoms with Crippen molar-refractivity contribution in [3.05, 3.63) is 29.6 Å². The summed E-state index contributed by atoms with van der Waals surface area (Å²) in [6, 6.07) is 6.73. The molecule has 0 radical (unpaired) electrons. The molecule has 0 unspecified atom stereocenters. The molecule has 0 aromatic carbocycles.